The number of hydrogen-bond donors (Lipinski definition) is 0. The molecule has 0 fully saturated rings. The van der Waals surface area contributed by atoms with Crippen LogP contribution in [0, 0.1) is 6.92 Å². The Hall–Kier alpha value is -2.41. The first-order valence-corrected chi connectivity index (χ1v) is 10.3. The second-order valence-corrected chi connectivity index (χ2v) is 7.91. The molecule has 0 amide bonds. The molecule has 8 heteroatoms. The van der Waals surface area contributed by atoms with Crippen molar-refractivity contribution in [2.75, 3.05) is 0 Å². The molecule has 0 aliphatic rings. The Morgan fingerprint density at radius 1 is 1.10 bits per heavy atom. The molecule has 0 aliphatic heterocycles. The number of ketones is 1. The minimum atomic E-state index is -0.702. The summed E-state index contributed by atoms with van der Waals surface area (Å²) in [5.74, 6) is 0.0884. The van der Waals surface area contributed by atoms with E-state index in [0.29, 0.717) is 32.8 Å². The zero-order valence-electron chi connectivity index (χ0n) is 15.6. The second-order valence-electron chi connectivity index (χ2n) is 6.15. The van der Waals surface area contributed by atoms with Crippen LogP contribution >= 0.6 is 35.0 Å². The van der Waals surface area contributed by atoms with E-state index in [-0.39, 0.29) is 16.5 Å². The Balaban J connectivity index is 1.75. The number of rotatable bonds is 6. The van der Waals surface area contributed by atoms with Gasteiger partial charge in [-0.15, -0.1) is 0 Å². The Morgan fingerprint density at radius 3 is 2.55 bits per heavy atom. The third kappa shape index (κ3) is 5.35. The zero-order valence-corrected chi connectivity index (χ0v) is 17.9. The fraction of sp³-hybridized carbons (Fsp3) is 0.143. The molecule has 148 valence electrons. The van der Waals surface area contributed by atoms with E-state index >= 15 is 0 Å². The highest BCUT2D eigenvalue weighted by molar-refractivity contribution is 7.98. The van der Waals surface area contributed by atoms with Crippen molar-refractivity contribution in [3.05, 3.63) is 81.1 Å². The van der Waals surface area contributed by atoms with Crippen LogP contribution in [0.4, 0.5) is 0 Å². The number of esters is 1. The van der Waals surface area contributed by atoms with Gasteiger partial charge >= 0.3 is 5.97 Å². The first kappa shape index (κ1) is 21.3. The number of halogens is 2. The molecule has 29 heavy (non-hydrogen) atoms. The van der Waals surface area contributed by atoms with Gasteiger partial charge in [0.25, 0.3) is 0 Å². The van der Waals surface area contributed by atoms with E-state index in [2.05, 4.69) is 9.97 Å². The van der Waals surface area contributed by atoms with Crippen molar-refractivity contribution in [1.82, 2.24) is 9.97 Å². The van der Waals surface area contributed by atoms with Crippen molar-refractivity contribution < 1.29 is 14.3 Å². The largest absolute Gasteiger partial charge is 0.422 e. The van der Waals surface area contributed by atoms with E-state index in [9.17, 15) is 9.59 Å². The van der Waals surface area contributed by atoms with Crippen LogP contribution in [0.5, 0.6) is 5.75 Å². The van der Waals surface area contributed by atoms with Gasteiger partial charge in [0.15, 0.2) is 16.6 Å². The van der Waals surface area contributed by atoms with Crippen LogP contribution in [0.15, 0.2) is 53.8 Å². The quantitative estimate of drug-likeness (QED) is 0.156. The molecule has 5 nitrogen and oxygen atoms in total. The Bertz CT molecular complexity index is 1090. The number of hydrogen-bond acceptors (Lipinski definition) is 6. The summed E-state index contributed by atoms with van der Waals surface area (Å²) in [6.45, 7) is 3.26. The average Bonchev–Trinajstić information content (AvgIpc) is 2.68. The van der Waals surface area contributed by atoms with E-state index in [4.69, 9.17) is 27.9 Å². The molecule has 2 aromatic carbocycles. The Labute approximate surface area is 182 Å². The molecule has 0 saturated carbocycles. The molecule has 0 unspecified atom stereocenters. The lowest BCUT2D eigenvalue weighted by Gasteiger charge is -2.09. The average molecular weight is 447 g/mol. The second kappa shape index (κ2) is 9.39. The van der Waals surface area contributed by atoms with Gasteiger partial charge in [-0.25, -0.2) is 14.8 Å². The minimum Gasteiger partial charge on any atom is -0.422 e. The first-order valence-electron chi connectivity index (χ1n) is 8.57. The molecule has 0 bridgehead atoms. The van der Waals surface area contributed by atoms with Gasteiger partial charge < -0.3 is 4.74 Å². The van der Waals surface area contributed by atoms with Crippen molar-refractivity contribution in [3.8, 4) is 5.75 Å². The van der Waals surface area contributed by atoms with Crippen molar-refractivity contribution in [3.63, 3.8) is 0 Å². The van der Waals surface area contributed by atoms with Gasteiger partial charge in [0.1, 0.15) is 5.75 Å². The van der Waals surface area contributed by atoms with E-state index in [1.807, 2.05) is 24.3 Å². The van der Waals surface area contributed by atoms with Crippen LogP contribution in [-0.2, 0) is 5.75 Å². The lowest BCUT2D eigenvalue weighted by molar-refractivity contribution is 0.0727. The van der Waals surface area contributed by atoms with Crippen LogP contribution < -0.4 is 4.74 Å². The van der Waals surface area contributed by atoms with Gasteiger partial charge in [0.2, 0.25) is 0 Å². The number of thioether (sulfide) groups is 1. The Kier molecular flexibility index (Phi) is 6.90. The van der Waals surface area contributed by atoms with E-state index in [1.165, 1.54) is 24.9 Å². The summed E-state index contributed by atoms with van der Waals surface area (Å²) in [4.78, 5) is 32.5. The summed E-state index contributed by atoms with van der Waals surface area (Å²) in [5.41, 5.74) is 2.19. The van der Waals surface area contributed by atoms with Crippen molar-refractivity contribution in [1.29, 1.82) is 0 Å². The lowest BCUT2D eigenvalue weighted by atomic mass is 10.1. The molecular formula is C21H16Cl2N2O3S. The van der Waals surface area contributed by atoms with Crippen molar-refractivity contribution >= 4 is 46.7 Å². The third-order valence-corrected chi connectivity index (χ3v) is 5.57. The van der Waals surface area contributed by atoms with Gasteiger partial charge in [0.05, 0.1) is 11.2 Å². The molecule has 0 aliphatic carbocycles. The van der Waals surface area contributed by atoms with E-state index in [0.717, 1.165) is 5.56 Å². The highest BCUT2D eigenvalue weighted by Gasteiger charge is 2.18. The number of Topliss-reactive ketones (excluding diaryl/α,β-unsaturated/α-hetero) is 1. The summed E-state index contributed by atoms with van der Waals surface area (Å²) in [6, 6.07) is 12.3. The summed E-state index contributed by atoms with van der Waals surface area (Å²) in [6.07, 6.45) is 1.37. The monoisotopic (exact) mass is 446 g/mol. The summed E-state index contributed by atoms with van der Waals surface area (Å²) >= 11 is 13.6. The molecule has 0 atom stereocenters. The molecule has 3 rings (SSSR count). The van der Waals surface area contributed by atoms with Gasteiger partial charge in [-0.3, -0.25) is 4.79 Å². The van der Waals surface area contributed by atoms with Crippen LogP contribution in [0.2, 0.25) is 10.0 Å². The maximum absolute atomic E-state index is 12.6. The van der Waals surface area contributed by atoms with E-state index in [1.54, 1.807) is 25.1 Å². The minimum absolute atomic E-state index is 0.0309. The van der Waals surface area contributed by atoms with Gasteiger partial charge in [0, 0.05) is 16.3 Å². The number of carbonyl (C=O) groups excluding carboxylic acids is 2. The normalized spacial score (nSPS) is 10.6. The molecule has 1 aromatic heterocycles. The smallest absolute Gasteiger partial charge is 0.364 e. The van der Waals surface area contributed by atoms with Crippen LogP contribution in [0.25, 0.3) is 0 Å². The lowest BCUT2D eigenvalue weighted by Crippen LogP contribution is -2.13. The molecule has 0 radical (unpaired) electrons. The topological polar surface area (TPSA) is 69.2 Å². The molecule has 3 aromatic rings. The van der Waals surface area contributed by atoms with E-state index < -0.39 is 5.97 Å². The number of aromatic nitrogens is 2. The van der Waals surface area contributed by atoms with Gasteiger partial charge in [-0.2, -0.15) is 0 Å². The maximum atomic E-state index is 12.6. The number of nitrogens with zero attached hydrogens (tertiary/aromatic N) is 2. The molecule has 0 saturated heterocycles. The highest BCUT2D eigenvalue weighted by Crippen LogP contribution is 2.26. The predicted molar refractivity (Wildman–Crippen MR) is 114 cm³/mol. The molecule has 0 N–H and O–H groups in total. The molecular weight excluding hydrogens is 431 g/mol. The number of ether oxygens (including phenoxy) is 1. The standard InChI is InChI=1S/C21H16Cl2N2O3S/c1-12-9-15(7-8-16(12)13(2)26)28-20(27)19-18(23)10-24-21(25-19)29-11-14-5-3-4-6-17(14)22/h3-10H,11H2,1-2H3. The zero-order chi connectivity index (χ0) is 21.0. The van der Waals surface area contributed by atoms with Gasteiger partial charge in [-0.1, -0.05) is 53.2 Å². The van der Waals surface area contributed by atoms with Crippen molar-refractivity contribution in [2.45, 2.75) is 24.8 Å². The number of carbonyl (C=O) groups is 2. The molecule has 1 heterocycles. The SMILES string of the molecule is CC(=O)c1ccc(OC(=O)c2nc(SCc3ccccc3Cl)ncc2Cl)cc1C. The summed E-state index contributed by atoms with van der Waals surface area (Å²) in [5, 5.41) is 1.12. The van der Waals surface area contributed by atoms with Crippen LogP contribution in [-0.4, -0.2) is 21.7 Å². The Morgan fingerprint density at radius 2 is 1.86 bits per heavy atom. The first-order chi connectivity index (χ1) is 13.8. The predicted octanol–water partition coefficient (Wildman–Crippen LogP) is 5.81. The number of benzene rings is 2. The fourth-order valence-corrected chi connectivity index (χ4v) is 3.84. The third-order valence-electron chi connectivity index (χ3n) is 4.02. The molecule has 0 spiro atoms. The van der Waals surface area contributed by atoms with Gasteiger partial charge in [-0.05, 0) is 49.2 Å². The van der Waals surface area contributed by atoms with Crippen LogP contribution in [0.1, 0.15) is 38.9 Å². The van der Waals surface area contributed by atoms with Crippen LogP contribution in [0.3, 0.4) is 0 Å². The highest BCUT2D eigenvalue weighted by atomic mass is 35.5. The summed E-state index contributed by atoms with van der Waals surface area (Å²) in [7, 11) is 0. The summed E-state index contributed by atoms with van der Waals surface area (Å²) < 4.78 is 5.38. The maximum Gasteiger partial charge on any atom is 0.364 e. The number of aryl methyl sites for hydroxylation is 1. The fourth-order valence-electron chi connectivity index (χ4n) is 2.57. The van der Waals surface area contributed by atoms with Crippen molar-refractivity contribution in [2.24, 2.45) is 0 Å².